The maximum Gasteiger partial charge on any atom is 0.220 e. The van der Waals surface area contributed by atoms with Gasteiger partial charge in [0.15, 0.2) is 0 Å². The van der Waals surface area contributed by atoms with Crippen molar-refractivity contribution in [2.45, 2.75) is 0 Å². The number of phenolic OH excluding ortho intramolecular Hbond substituents is 1. The summed E-state index contributed by atoms with van der Waals surface area (Å²) in [6.07, 6.45) is 1.58. The Hall–Kier alpha value is -2.88. The smallest absolute Gasteiger partial charge is 0.220 e. The number of phenols is 1. The molecule has 0 amide bonds. The molecule has 0 saturated carbocycles. The summed E-state index contributed by atoms with van der Waals surface area (Å²) in [6.45, 7) is 0. The molecule has 0 aliphatic heterocycles. The predicted octanol–water partition coefficient (Wildman–Crippen LogP) is 3.10. The number of hydrogen-bond acceptors (Lipinski definition) is 4. The standard InChI is InChI=1S/C16H13N3O/c17-16-18-9-8-14(19-16)13-10-12(6-7-15(13)20)11-4-2-1-3-5-11/h1-10,20H,(H2,17,18,19). The highest BCUT2D eigenvalue weighted by Crippen LogP contribution is 2.32. The predicted molar refractivity (Wildman–Crippen MR) is 79.0 cm³/mol. The van der Waals surface area contributed by atoms with Gasteiger partial charge >= 0.3 is 0 Å². The minimum absolute atomic E-state index is 0.169. The van der Waals surface area contributed by atoms with Crippen LogP contribution < -0.4 is 5.73 Å². The molecule has 0 radical (unpaired) electrons. The fraction of sp³-hybridized carbons (Fsp3) is 0. The average molecular weight is 263 g/mol. The molecule has 0 bridgehead atoms. The first-order chi connectivity index (χ1) is 9.74. The van der Waals surface area contributed by atoms with Crippen molar-refractivity contribution in [1.82, 2.24) is 9.97 Å². The molecule has 0 atom stereocenters. The molecule has 20 heavy (non-hydrogen) atoms. The summed E-state index contributed by atoms with van der Waals surface area (Å²) in [5.74, 6) is 0.356. The third-order valence-corrected chi connectivity index (χ3v) is 3.05. The molecule has 3 rings (SSSR count). The van der Waals surface area contributed by atoms with Gasteiger partial charge in [-0.25, -0.2) is 9.97 Å². The van der Waals surface area contributed by atoms with Crippen LogP contribution in [0.4, 0.5) is 5.95 Å². The van der Waals surface area contributed by atoms with E-state index in [2.05, 4.69) is 9.97 Å². The van der Waals surface area contributed by atoms with Gasteiger partial charge in [0.1, 0.15) is 5.75 Å². The van der Waals surface area contributed by atoms with Crippen LogP contribution in [0.2, 0.25) is 0 Å². The van der Waals surface area contributed by atoms with Crippen LogP contribution in [-0.2, 0) is 0 Å². The van der Waals surface area contributed by atoms with Gasteiger partial charge in [0, 0.05) is 11.8 Å². The number of nitrogens with zero attached hydrogens (tertiary/aromatic N) is 2. The molecule has 0 spiro atoms. The van der Waals surface area contributed by atoms with Crippen LogP contribution in [0.15, 0.2) is 60.8 Å². The second-order valence-corrected chi connectivity index (χ2v) is 4.40. The Morgan fingerprint density at radius 1 is 0.900 bits per heavy atom. The summed E-state index contributed by atoms with van der Waals surface area (Å²) in [4.78, 5) is 8.01. The zero-order valence-electron chi connectivity index (χ0n) is 10.7. The normalized spacial score (nSPS) is 10.4. The highest BCUT2D eigenvalue weighted by atomic mass is 16.3. The van der Waals surface area contributed by atoms with Gasteiger partial charge in [-0.3, -0.25) is 0 Å². The fourth-order valence-corrected chi connectivity index (χ4v) is 2.08. The number of hydrogen-bond donors (Lipinski definition) is 2. The number of aromatic hydroxyl groups is 1. The summed E-state index contributed by atoms with van der Waals surface area (Å²) in [5, 5.41) is 10.0. The fourth-order valence-electron chi connectivity index (χ4n) is 2.08. The lowest BCUT2D eigenvalue weighted by Crippen LogP contribution is -1.95. The van der Waals surface area contributed by atoms with Crippen molar-refractivity contribution in [3.8, 4) is 28.1 Å². The minimum atomic E-state index is 0.169. The maximum absolute atomic E-state index is 10.0. The van der Waals surface area contributed by atoms with E-state index in [9.17, 15) is 5.11 Å². The van der Waals surface area contributed by atoms with Crippen LogP contribution in [0, 0.1) is 0 Å². The first-order valence-electron chi connectivity index (χ1n) is 6.21. The average Bonchev–Trinajstić information content (AvgIpc) is 2.48. The number of aromatic nitrogens is 2. The summed E-state index contributed by atoms with van der Waals surface area (Å²) in [6, 6.07) is 17.1. The van der Waals surface area contributed by atoms with Crippen LogP contribution in [0.3, 0.4) is 0 Å². The van der Waals surface area contributed by atoms with E-state index in [1.54, 1.807) is 18.3 Å². The van der Waals surface area contributed by atoms with Crippen LogP contribution >= 0.6 is 0 Å². The third-order valence-electron chi connectivity index (χ3n) is 3.05. The topological polar surface area (TPSA) is 72.0 Å². The van der Waals surface area contributed by atoms with Gasteiger partial charge in [-0.2, -0.15) is 0 Å². The summed E-state index contributed by atoms with van der Waals surface area (Å²) >= 11 is 0. The van der Waals surface area contributed by atoms with Gasteiger partial charge in [-0.1, -0.05) is 36.4 Å². The Kier molecular flexibility index (Phi) is 3.05. The van der Waals surface area contributed by atoms with Crippen molar-refractivity contribution >= 4 is 5.95 Å². The molecule has 98 valence electrons. The van der Waals surface area contributed by atoms with Crippen molar-refractivity contribution in [3.05, 3.63) is 60.8 Å². The molecular formula is C16H13N3O. The number of anilines is 1. The van der Waals surface area contributed by atoms with Gasteiger partial charge in [-0.15, -0.1) is 0 Å². The molecule has 4 nitrogen and oxygen atoms in total. The van der Waals surface area contributed by atoms with Crippen LogP contribution in [0.5, 0.6) is 5.75 Å². The van der Waals surface area contributed by atoms with Gasteiger partial charge < -0.3 is 10.8 Å². The van der Waals surface area contributed by atoms with Crippen molar-refractivity contribution in [3.63, 3.8) is 0 Å². The van der Waals surface area contributed by atoms with E-state index in [1.807, 2.05) is 42.5 Å². The SMILES string of the molecule is Nc1nccc(-c2cc(-c3ccccc3)ccc2O)n1. The third kappa shape index (κ3) is 2.31. The zero-order chi connectivity index (χ0) is 13.9. The van der Waals surface area contributed by atoms with Crippen LogP contribution in [-0.4, -0.2) is 15.1 Å². The first-order valence-corrected chi connectivity index (χ1v) is 6.21. The highest BCUT2D eigenvalue weighted by Gasteiger charge is 2.08. The number of nitrogens with two attached hydrogens (primary N) is 1. The maximum atomic E-state index is 10.0. The first kappa shape index (κ1) is 12.2. The largest absolute Gasteiger partial charge is 0.507 e. The van der Waals surface area contributed by atoms with Gasteiger partial charge in [-0.05, 0) is 29.3 Å². The molecule has 0 saturated heterocycles. The van der Waals surface area contributed by atoms with E-state index >= 15 is 0 Å². The summed E-state index contributed by atoms with van der Waals surface area (Å²) in [5.41, 5.74) is 8.92. The highest BCUT2D eigenvalue weighted by molar-refractivity contribution is 5.75. The molecule has 3 aromatic rings. The van der Waals surface area contributed by atoms with E-state index in [-0.39, 0.29) is 11.7 Å². The molecule has 1 heterocycles. The quantitative estimate of drug-likeness (QED) is 0.745. The van der Waals surface area contributed by atoms with Crippen molar-refractivity contribution < 1.29 is 5.11 Å². The van der Waals surface area contributed by atoms with Crippen LogP contribution in [0.25, 0.3) is 22.4 Å². The molecule has 0 fully saturated rings. The van der Waals surface area contributed by atoms with Gasteiger partial charge in [0.05, 0.1) is 5.69 Å². The molecule has 0 aliphatic rings. The molecule has 0 unspecified atom stereocenters. The monoisotopic (exact) mass is 263 g/mol. The van der Waals surface area contributed by atoms with Crippen molar-refractivity contribution in [1.29, 1.82) is 0 Å². The molecule has 3 N–H and O–H groups in total. The lowest BCUT2D eigenvalue weighted by atomic mass is 10.0. The Labute approximate surface area is 116 Å². The van der Waals surface area contributed by atoms with Gasteiger partial charge in [0.2, 0.25) is 5.95 Å². The minimum Gasteiger partial charge on any atom is -0.507 e. The van der Waals surface area contributed by atoms with E-state index in [4.69, 9.17) is 5.73 Å². The summed E-state index contributed by atoms with van der Waals surface area (Å²) in [7, 11) is 0. The Balaban J connectivity index is 2.12. The Bertz CT molecular complexity index is 742. The zero-order valence-corrected chi connectivity index (χ0v) is 10.7. The second-order valence-electron chi connectivity index (χ2n) is 4.40. The lowest BCUT2D eigenvalue weighted by Gasteiger charge is -2.08. The van der Waals surface area contributed by atoms with Crippen molar-refractivity contribution in [2.75, 3.05) is 5.73 Å². The molecule has 4 heteroatoms. The van der Waals surface area contributed by atoms with E-state index in [0.717, 1.165) is 11.1 Å². The number of nitrogen functional groups attached to an aromatic ring is 1. The second kappa shape index (κ2) is 5.01. The van der Waals surface area contributed by atoms with E-state index in [1.165, 1.54) is 0 Å². The van der Waals surface area contributed by atoms with Crippen molar-refractivity contribution in [2.24, 2.45) is 0 Å². The number of rotatable bonds is 2. The van der Waals surface area contributed by atoms with Crippen LogP contribution in [0.1, 0.15) is 0 Å². The molecular weight excluding hydrogens is 250 g/mol. The number of benzene rings is 2. The lowest BCUT2D eigenvalue weighted by molar-refractivity contribution is 0.477. The summed E-state index contributed by atoms with van der Waals surface area (Å²) < 4.78 is 0. The Morgan fingerprint density at radius 3 is 2.45 bits per heavy atom. The molecule has 2 aromatic carbocycles. The van der Waals surface area contributed by atoms with E-state index in [0.29, 0.717) is 11.3 Å². The Morgan fingerprint density at radius 2 is 1.70 bits per heavy atom. The molecule has 0 aliphatic carbocycles. The van der Waals surface area contributed by atoms with E-state index < -0.39 is 0 Å². The van der Waals surface area contributed by atoms with Gasteiger partial charge in [0.25, 0.3) is 0 Å². The molecule has 1 aromatic heterocycles.